The molecule has 0 saturated heterocycles. The molecule has 0 nitrogen and oxygen atoms in total. The topological polar surface area (TPSA) is 0 Å². The van der Waals surface area contributed by atoms with Gasteiger partial charge in [0.15, 0.2) is 0 Å². The average Bonchev–Trinajstić information content (AvgIpc) is 2.03. The van der Waals surface area contributed by atoms with Crippen LogP contribution in [0, 0.1) is 23.7 Å². The molecule has 0 aromatic rings. The van der Waals surface area contributed by atoms with Gasteiger partial charge >= 0.3 is 0 Å². The first-order chi connectivity index (χ1) is 5.46. The van der Waals surface area contributed by atoms with Crippen LogP contribution in [0.2, 0.25) is 0 Å². The summed E-state index contributed by atoms with van der Waals surface area (Å²) in [5.74, 6) is 3.25. The summed E-state index contributed by atoms with van der Waals surface area (Å²) in [4.78, 5) is 0. The van der Waals surface area contributed by atoms with E-state index in [1.54, 1.807) is 11.1 Å². The largest absolute Gasteiger partial charge is 0.0701 e. The molecule has 0 N–H and O–H groups in total. The summed E-state index contributed by atoms with van der Waals surface area (Å²) in [5.41, 5.74) is 3.39. The molecule has 0 saturated carbocycles. The third-order valence-electron chi connectivity index (χ3n) is 3.87. The molecule has 1 rings (SSSR count). The summed E-state index contributed by atoms with van der Waals surface area (Å²) < 4.78 is 0. The predicted molar refractivity (Wildman–Crippen MR) is 55.0 cm³/mol. The molecule has 0 radical (unpaired) electrons. The number of rotatable bonds is 2. The maximum Gasteiger partial charge on any atom is -0.0163 e. The van der Waals surface area contributed by atoms with Crippen LogP contribution in [0.3, 0.4) is 0 Å². The van der Waals surface area contributed by atoms with Crippen molar-refractivity contribution in [2.45, 2.75) is 41.5 Å². The van der Waals surface area contributed by atoms with Gasteiger partial charge in [-0.15, -0.1) is 0 Å². The summed E-state index contributed by atoms with van der Waals surface area (Å²) in [7, 11) is 0. The number of hydrogen-bond donors (Lipinski definition) is 0. The lowest BCUT2D eigenvalue weighted by molar-refractivity contribution is 0.332. The van der Waals surface area contributed by atoms with E-state index in [1.807, 2.05) is 0 Å². The van der Waals surface area contributed by atoms with Crippen molar-refractivity contribution in [1.29, 1.82) is 0 Å². The van der Waals surface area contributed by atoms with Crippen LogP contribution < -0.4 is 0 Å². The molecule has 3 atom stereocenters. The van der Waals surface area contributed by atoms with E-state index >= 15 is 0 Å². The van der Waals surface area contributed by atoms with Gasteiger partial charge in [0, 0.05) is 0 Å². The minimum absolute atomic E-state index is 0.788. The lowest BCUT2D eigenvalue weighted by Gasteiger charge is -2.41. The van der Waals surface area contributed by atoms with Crippen molar-refractivity contribution in [2.75, 3.05) is 0 Å². The van der Waals surface area contributed by atoms with Crippen molar-refractivity contribution in [3.63, 3.8) is 0 Å². The van der Waals surface area contributed by atoms with Crippen molar-refractivity contribution < 1.29 is 0 Å². The Bertz CT molecular complexity index is 198. The molecule has 0 aliphatic heterocycles. The summed E-state index contributed by atoms with van der Waals surface area (Å²) in [6.07, 6.45) is 0. The fraction of sp³-hybridized carbons (Fsp3) is 0.833. The second-order valence-corrected chi connectivity index (χ2v) is 4.75. The molecular formula is C12H22. The normalized spacial score (nSPS) is 32.2. The van der Waals surface area contributed by atoms with Gasteiger partial charge in [-0.3, -0.25) is 0 Å². The standard InChI is InChI=1S/C12H22/c1-7(2)8(3)12-10(5)9(4)11(12)6/h7-10H,1-6H3. The van der Waals surface area contributed by atoms with E-state index in [1.165, 1.54) is 0 Å². The van der Waals surface area contributed by atoms with Gasteiger partial charge in [-0.1, -0.05) is 45.8 Å². The Labute approximate surface area is 77.1 Å². The van der Waals surface area contributed by atoms with Crippen molar-refractivity contribution in [2.24, 2.45) is 23.7 Å². The molecule has 0 aromatic heterocycles. The Morgan fingerprint density at radius 1 is 1.00 bits per heavy atom. The first-order valence-corrected chi connectivity index (χ1v) is 5.17. The molecule has 0 bridgehead atoms. The van der Waals surface area contributed by atoms with E-state index in [0.717, 1.165) is 23.7 Å². The number of hydrogen-bond acceptors (Lipinski definition) is 0. The smallest absolute Gasteiger partial charge is 0.0163 e. The van der Waals surface area contributed by atoms with E-state index in [4.69, 9.17) is 0 Å². The van der Waals surface area contributed by atoms with Crippen LogP contribution in [0.4, 0.5) is 0 Å². The van der Waals surface area contributed by atoms with Gasteiger partial charge < -0.3 is 0 Å². The quantitative estimate of drug-likeness (QED) is 0.546. The average molecular weight is 166 g/mol. The third-order valence-corrected chi connectivity index (χ3v) is 3.87. The Balaban J connectivity index is 2.77. The Morgan fingerprint density at radius 2 is 1.50 bits per heavy atom. The van der Waals surface area contributed by atoms with Crippen LogP contribution in [0.5, 0.6) is 0 Å². The molecule has 0 heteroatoms. The monoisotopic (exact) mass is 166 g/mol. The van der Waals surface area contributed by atoms with E-state index in [2.05, 4.69) is 41.5 Å². The van der Waals surface area contributed by atoms with E-state index < -0.39 is 0 Å². The maximum absolute atomic E-state index is 2.37. The molecule has 1 aliphatic rings. The van der Waals surface area contributed by atoms with Gasteiger partial charge in [0.05, 0.1) is 0 Å². The highest BCUT2D eigenvalue weighted by molar-refractivity contribution is 5.31. The number of allylic oxidation sites excluding steroid dienone is 2. The van der Waals surface area contributed by atoms with Gasteiger partial charge in [0.2, 0.25) is 0 Å². The van der Waals surface area contributed by atoms with Crippen LogP contribution in [0.15, 0.2) is 11.1 Å². The molecule has 0 fully saturated rings. The van der Waals surface area contributed by atoms with Crippen LogP contribution in [-0.2, 0) is 0 Å². The van der Waals surface area contributed by atoms with Gasteiger partial charge in [-0.25, -0.2) is 0 Å². The first-order valence-electron chi connectivity index (χ1n) is 5.17. The van der Waals surface area contributed by atoms with E-state index in [0.29, 0.717) is 0 Å². The van der Waals surface area contributed by atoms with Gasteiger partial charge in [0.1, 0.15) is 0 Å². The fourth-order valence-electron chi connectivity index (χ4n) is 2.30. The first kappa shape index (κ1) is 9.83. The van der Waals surface area contributed by atoms with Crippen molar-refractivity contribution in [3.05, 3.63) is 11.1 Å². The lowest BCUT2D eigenvalue weighted by Crippen LogP contribution is -2.30. The molecule has 0 amide bonds. The maximum atomic E-state index is 2.37. The molecule has 0 spiro atoms. The van der Waals surface area contributed by atoms with E-state index in [-0.39, 0.29) is 0 Å². The van der Waals surface area contributed by atoms with Crippen LogP contribution in [0.1, 0.15) is 41.5 Å². The molecule has 70 valence electrons. The highest BCUT2D eigenvalue weighted by atomic mass is 14.4. The van der Waals surface area contributed by atoms with Gasteiger partial charge in [-0.05, 0) is 30.6 Å². The van der Waals surface area contributed by atoms with Gasteiger partial charge in [-0.2, -0.15) is 0 Å². The van der Waals surface area contributed by atoms with Crippen LogP contribution in [0.25, 0.3) is 0 Å². The van der Waals surface area contributed by atoms with Crippen molar-refractivity contribution >= 4 is 0 Å². The summed E-state index contributed by atoms with van der Waals surface area (Å²) >= 11 is 0. The molecule has 0 heterocycles. The molecule has 12 heavy (non-hydrogen) atoms. The van der Waals surface area contributed by atoms with Crippen molar-refractivity contribution in [1.82, 2.24) is 0 Å². The zero-order valence-electron chi connectivity index (χ0n) is 9.31. The highest BCUT2D eigenvalue weighted by Crippen LogP contribution is 2.45. The highest BCUT2D eigenvalue weighted by Gasteiger charge is 2.34. The summed E-state index contributed by atoms with van der Waals surface area (Å²) in [6, 6.07) is 0. The molecule has 0 aromatic carbocycles. The minimum Gasteiger partial charge on any atom is -0.0701 e. The summed E-state index contributed by atoms with van der Waals surface area (Å²) in [5, 5.41) is 0. The SMILES string of the molecule is CC1=C(C(C)C(C)C)C(C)C1C. The second-order valence-electron chi connectivity index (χ2n) is 4.75. The van der Waals surface area contributed by atoms with Crippen molar-refractivity contribution in [3.8, 4) is 0 Å². The zero-order valence-corrected chi connectivity index (χ0v) is 9.31. The summed E-state index contributed by atoms with van der Waals surface area (Å²) in [6.45, 7) is 14.0. The molecular weight excluding hydrogens is 144 g/mol. The Kier molecular flexibility index (Phi) is 2.65. The molecule has 3 unspecified atom stereocenters. The third kappa shape index (κ3) is 1.32. The van der Waals surface area contributed by atoms with Crippen LogP contribution >= 0.6 is 0 Å². The second kappa shape index (κ2) is 3.24. The van der Waals surface area contributed by atoms with E-state index in [9.17, 15) is 0 Å². The van der Waals surface area contributed by atoms with Crippen LogP contribution in [-0.4, -0.2) is 0 Å². The fourth-order valence-corrected chi connectivity index (χ4v) is 2.30. The Hall–Kier alpha value is -0.260. The minimum atomic E-state index is 0.788. The van der Waals surface area contributed by atoms with Gasteiger partial charge in [0.25, 0.3) is 0 Å². The molecule has 1 aliphatic carbocycles. The Morgan fingerprint density at radius 3 is 1.83 bits per heavy atom. The zero-order chi connectivity index (χ0) is 9.46. The lowest BCUT2D eigenvalue weighted by atomic mass is 9.64. The predicted octanol–water partition coefficient (Wildman–Crippen LogP) is 3.88.